The van der Waals surface area contributed by atoms with E-state index in [-0.39, 0.29) is 23.0 Å². The topological polar surface area (TPSA) is 96.0 Å². The van der Waals surface area contributed by atoms with Gasteiger partial charge >= 0.3 is 0 Å². The van der Waals surface area contributed by atoms with Crippen LogP contribution in [0.1, 0.15) is 25.0 Å². The summed E-state index contributed by atoms with van der Waals surface area (Å²) in [6.45, 7) is 5.16. The van der Waals surface area contributed by atoms with E-state index in [1.54, 1.807) is 82.5 Å². The van der Waals surface area contributed by atoms with E-state index in [9.17, 15) is 18.0 Å². The van der Waals surface area contributed by atoms with E-state index in [1.165, 1.54) is 23.1 Å². The number of nitrogens with zero attached hydrogens (tertiary/aromatic N) is 2. The van der Waals surface area contributed by atoms with Crippen molar-refractivity contribution in [1.82, 2.24) is 10.2 Å². The Kier molecular flexibility index (Phi) is 9.77. The van der Waals surface area contributed by atoms with Crippen LogP contribution in [0.3, 0.4) is 0 Å². The number of hydrogen-bond acceptors (Lipinski definition) is 5. The van der Waals surface area contributed by atoms with Gasteiger partial charge in [0.15, 0.2) is 0 Å². The molecule has 8 nitrogen and oxygen atoms in total. The lowest BCUT2D eigenvalue weighted by molar-refractivity contribution is -0.139. The largest absolute Gasteiger partial charge is 0.497 e. The van der Waals surface area contributed by atoms with Crippen molar-refractivity contribution in [2.24, 2.45) is 0 Å². The molecule has 3 rings (SSSR count). The summed E-state index contributed by atoms with van der Waals surface area (Å²) < 4.78 is 33.7. The SMILES string of the molecule is CCNC(=O)[C@@H](C)N(Cc1ccc(OC)cc1)C(=O)CN(c1ccc(C)c(Cl)c1)S(=O)(=O)c1ccccc1. The van der Waals surface area contributed by atoms with Crippen molar-refractivity contribution >= 4 is 39.1 Å². The predicted octanol–water partition coefficient (Wildman–Crippen LogP) is 4.41. The van der Waals surface area contributed by atoms with Gasteiger partial charge in [0.1, 0.15) is 18.3 Å². The molecule has 3 aromatic rings. The van der Waals surface area contributed by atoms with Gasteiger partial charge in [-0.3, -0.25) is 13.9 Å². The molecule has 0 aliphatic carbocycles. The van der Waals surface area contributed by atoms with E-state index in [2.05, 4.69) is 5.32 Å². The second-order valence-corrected chi connectivity index (χ2v) is 11.0. The number of anilines is 1. The molecule has 0 saturated heterocycles. The third-order valence-corrected chi connectivity index (χ3v) is 8.28. The molecule has 38 heavy (non-hydrogen) atoms. The van der Waals surface area contributed by atoms with Gasteiger partial charge in [0.25, 0.3) is 10.0 Å². The van der Waals surface area contributed by atoms with Crippen molar-refractivity contribution in [3.05, 3.63) is 88.9 Å². The molecule has 0 heterocycles. The molecule has 0 bridgehead atoms. The van der Waals surface area contributed by atoms with Gasteiger partial charge in [-0.15, -0.1) is 0 Å². The number of sulfonamides is 1. The van der Waals surface area contributed by atoms with Crippen LogP contribution < -0.4 is 14.4 Å². The molecule has 0 aliphatic heterocycles. The first-order valence-electron chi connectivity index (χ1n) is 12.1. The highest BCUT2D eigenvalue weighted by Crippen LogP contribution is 2.28. The molecule has 10 heteroatoms. The Labute approximate surface area is 229 Å². The number of rotatable bonds is 11. The molecule has 0 radical (unpaired) electrons. The van der Waals surface area contributed by atoms with Crippen LogP contribution in [0, 0.1) is 6.92 Å². The summed E-state index contributed by atoms with van der Waals surface area (Å²) in [5.41, 5.74) is 1.77. The van der Waals surface area contributed by atoms with Gasteiger partial charge in [0, 0.05) is 18.1 Å². The van der Waals surface area contributed by atoms with Crippen LogP contribution in [0.5, 0.6) is 5.75 Å². The molecule has 0 aromatic heterocycles. The zero-order chi connectivity index (χ0) is 27.9. The number of carbonyl (C=O) groups excluding carboxylic acids is 2. The molecule has 0 aliphatic rings. The summed E-state index contributed by atoms with van der Waals surface area (Å²) in [4.78, 5) is 28.0. The maximum Gasteiger partial charge on any atom is 0.264 e. The van der Waals surface area contributed by atoms with Crippen LogP contribution in [0.4, 0.5) is 5.69 Å². The van der Waals surface area contributed by atoms with Gasteiger partial charge in [-0.25, -0.2) is 8.42 Å². The molecule has 1 atom stereocenters. The normalized spacial score (nSPS) is 11.9. The average molecular weight is 558 g/mol. The molecule has 2 amide bonds. The molecule has 1 N–H and O–H groups in total. The number of likely N-dealkylation sites (N-methyl/N-ethyl adjacent to an activating group) is 1. The standard InChI is InChI=1S/C28H32ClN3O5S/c1-5-30-28(34)21(3)31(18-22-12-15-24(37-4)16-13-22)27(33)19-32(23-14-11-20(2)26(29)17-23)38(35,36)25-9-7-6-8-10-25/h6-17,21H,5,18-19H2,1-4H3,(H,30,34)/t21-/m1/s1. The zero-order valence-electron chi connectivity index (χ0n) is 21.8. The van der Waals surface area contributed by atoms with E-state index in [4.69, 9.17) is 16.3 Å². The first-order chi connectivity index (χ1) is 18.1. The molecular weight excluding hydrogens is 526 g/mol. The van der Waals surface area contributed by atoms with E-state index in [0.717, 1.165) is 15.4 Å². The number of nitrogens with one attached hydrogen (secondary N) is 1. The summed E-state index contributed by atoms with van der Waals surface area (Å²) in [5, 5.41) is 3.11. The van der Waals surface area contributed by atoms with Crippen LogP contribution in [-0.4, -0.2) is 51.4 Å². The average Bonchev–Trinajstić information content (AvgIpc) is 2.92. The molecule has 3 aromatic carbocycles. The number of carbonyl (C=O) groups is 2. The third-order valence-electron chi connectivity index (χ3n) is 6.08. The molecule has 0 fully saturated rings. The Morgan fingerprint density at radius 1 is 1.03 bits per heavy atom. The van der Waals surface area contributed by atoms with Crippen LogP contribution in [0.25, 0.3) is 0 Å². The van der Waals surface area contributed by atoms with E-state index in [0.29, 0.717) is 17.3 Å². The predicted molar refractivity (Wildman–Crippen MR) is 149 cm³/mol. The van der Waals surface area contributed by atoms with E-state index < -0.39 is 28.5 Å². The van der Waals surface area contributed by atoms with E-state index >= 15 is 0 Å². The number of aryl methyl sites for hydroxylation is 1. The van der Waals surface area contributed by atoms with Gasteiger partial charge in [0.2, 0.25) is 11.8 Å². The maximum atomic E-state index is 13.8. The highest BCUT2D eigenvalue weighted by molar-refractivity contribution is 7.92. The third kappa shape index (κ3) is 6.85. The summed E-state index contributed by atoms with van der Waals surface area (Å²) in [5.74, 6) is -0.235. The Hall–Kier alpha value is -3.56. The fraction of sp³-hybridized carbons (Fsp3) is 0.286. The second kappa shape index (κ2) is 12.8. The van der Waals surface area contributed by atoms with Crippen molar-refractivity contribution in [3.63, 3.8) is 0 Å². The van der Waals surface area contributed by atoms with Crippen LogP contribution >= 0.6 is 11.6 Å². The van der Waals surface area contributed by atoms with Crippen LogP contribution in [0.15, 0.2) is 77.7 Å². The van der Waals surface area contributed by atoms with Gasteiger partial charge in [-0.05, 0) is 68.3 Å². The van der Waals surface area contributed by atoms with Gasteiger partial charge < -0.3 is 15.0 Å². The molecule has 202 valence electrons. The monoisotopic (exact) mass is 557 g/mol. The van der Waals surface area contributed by atoms with Gasteiger partial charge in [0.05, 0.1) is 17.7 Å². The lowest BCUT2D eigenvalue weighted by atomic mass is 10.1. The maximum absolute atomic E-state index is 13.8. The van der Waals surface area contributed by atoms with Crippen LogP contribution in [0.2, 0.25) is 5.02 Å². The summed E-state index contributed by atoms with van der Waals surface area (Å²) in [6.07, 6.45) is 0. The lowest BCUT2D eigenvalue weighted by Crippen LogP contribution is -2.51. The number of ether oxygens (including phenoxy) is 1. The van der Waals surface area contributed by atoms with Crippen molar-refractivity contribution in [2.45, 2.75) is 38.3 Å². The van der Waals surface area contributed by atoms with Gasteiger partial charge in [-0.2, -0.15) is 0 Å². The van der Waals surface area contributed by atoms with Crippen molar-refractivity contribution in [2.75, 3.05) is 24.5 Å². The van der Waals surface area contributed by atoms with Crippen molar-refractivity contribution in [3.8, 4) is 5.75 Å². The highest BCUT2D eigenvalue weighted by Gasteiger charge is 2.32. The number of hydrogen-bond donors (Lipinski definition) is 1. The smallest absolute Gasteiger partial charge is 0.264 e. The number of benzene rings is 3. The van der Waals surface area contributed by atoms with Gasteiger partial charge in [-0.1, -0.05) is 48.0 Å². The highest BCUT2D eigenvalue weighted by atomic mass is 35.5. The second-order valence-electron chi connectivity index (χ2n) is 8.70. The summed E-state index contributed by atoms with van der Waals surface area (Å²) in [6, 6.07) is 18.9. The molecule has 0 saturated carbocycles. The van der Waals surface area contributed by atoms with Crippen LogP contribution in [-0.2, 0) is 26.2 Å². The van der Waals surface area contributed by atoms with Crippen molar-refractivity contribution < 1.29 is 22.7 Å². The molecule has 0 unspecified atom stereocenters. The fourth-order valence-electron chi connectivity index (χ4n) is 3.82. The summed E-state index contributed by atoms with van der Waals surface area (Å²) >= 11 is 6.33. The Morgan fingerprint density at radius 2 is 1.68 bits per heavy atom. The number of halogens is 1. The minimum Gasteiger partial charge on any atom is -0.497 e. The molecule has 0 spiro atoms. The minimum absolute atomic E-state index is 0.0305. The first-order valence-corrected chi connectivity index (χ1v) is 13.9. The zero-order valence-corrected chi connectivity index (χ0v) is 23.4. The minimum atomic E-state index is -4.14. The number of methoxy groups -OCH3 is 1. The summed E-state index contributed by atoms with van der Waals surface area (Å²) in [7, 11) is -2.58. The lowest BCUT2D eigenvalue weighted by Gasteiger charge is -2.32. The fourth-order valence-corrected chi connectivity index (χ4v) is 5.42. The molecular formula is C28H32ClN3O5S. The number of amides is 2. The van der Waals surface area contributed by atoms with E-state index in [1.807, 2.05) is 0 Å². The van der Waals surface area contributed by atoms with Crippen molar-refractivity contribution in [1.29, 1.82) is 0 Å². The first kappa shape index (κ1) is 29.0. The Balaban J connectivity index is 2.03. The Morgan fingerprint density at radius 3 is 2.26 bits per heavy atom. The Bertz CT molecular complexity index is 1360. The quantitative estimate of drug-likeness (QED) is 0.377.